The predicted octanol–water partition coefficient (Wildman–Crippen LogP) is 10.5. The normalized spacial score (nSPS) is 16.6. The minimum Gasteiger partial charge on any atom is -0.496 e. The maximum absolute atomic E-state index is 12.8. The Morgan fingerprint density at radius 1 is 0.741 bits per heavy atom. The van der Waals surface area contributed by atoms with Crippen LogP contribution in [-0.2, 0) is 20.2 Å². The summed E-state index contributed by atoms with van der Waals surface area (Å²) in [6.45, 7) is 13.3. The molecule has 1 heterocycles. The van der Waals surface area contributed by atoms with E-state index in [0.717, 1.165) is 53.8 Å². The van der Waals surface area contributed by atoms with Crippen LogP contribution in [0.5, 0.6) is 11.5 Å². The Labute approximate surface area is 339 Å². The number of hydrogen-bond acceptors (Lipinski definition) is 9. The highest BCUT2D eigenvalue weighted by molar-refractivity contribution is 7.86. The van der Waals surface area contributed by atoms with Crippen LogP contribution in [0.1, 0.15) is 66.0 Å². The number of rotatable bonds is 9. The van der Waals surface area contributed by atoms with Gasteiger partial charge in [0.1, 0.15) is 32.6 Å². The molecule has 4 aromatic carbocycles. The first-order valence-corrected chi connectivity index (χ1v) is 22.1. The molecule has 3 N–H and O–H groups in total. The first kappa shape index (κ1) is 41.0. The molecule has 7 rings (SSSR count). The minimum absolute atomic E-state index is 0.101. The number of anilines is 2. The molecule has 2 aliphatic carbocycles. The molecule has 0 aromatic heterocycles. The zero-order chi connectivity index (χ0) is 41.8. The molecule has 0 radical (unpaired) electrons. The average molecular weight is 825 g/mol. The Morgan fingerprint density at radius 3 is 2.12 bits per heavy atom. The molecule has 0 amide bonds. The topological polar surface area (TPSA) is 165 Å². The molecule has 0 atom stereocenters. The second kappa shape index (κ2) is 15.5. The lowest BCUT2D eigenvalue weighted by Gasteiger charge is -2.29. The van der Waals surface area contributed by atoms with Gasteiger partial charge in [-0.2, -0.15) is 16.8 Å². The number of hydrogen-bond donors (Lipinski definition) is 3. The van der Waals surface area contributed by atoms with E-state index in [9.17, 15) is 25.9 Å². The maximum atomic E-state index is 12.8. The van der Waals surface area contributed by atoms with E-state index in [4.69, 9.17) is 18.9 Å². The van der Waals surface area contributed by atoms with Crippen molar-refractivity contribution in [1.29, 1.82) is 0 Å². The monoisotopic (exact) mass is 824 g/mol. The molecule has 11 nitrogen and oxygen atoms in total. The smallest absolute Gasteiger partial charge is 0.295 e. The number of nitrogens with zero attached hydrogens (tertiary/aromatic N) is 1. The standard InChI is InChI=1S/C45H48N2O9S2/c1-24-13-17-33(18-14-24)55-44-28(5)42(29(6)45(30(44)7)58(51,52)53)47-32-16-20-35-38(23-32)56-37-22-31(46-41-25(2)21-26(3)43(54-8)27(41)4)15-19-34(37)40(35)36-11-9-10-12-39(36)57(48,49)50/h9-12,15-16,19-24,33,46H,13-14,17-18H2,1-8H3,(H,48,49,50)(H,51,52,53)/b47-32+. The van der Waals surface area contributed by atoms with Gasteiger partial charge in [0.05, 0.1) is 24.3 Å². The number of aryl methyl sites for hydroxylation is 2. The molecule has 4 aromatic rings. The molecular weight excluding hydrogens is 777 g/mol. The van der Waals surface area contributed by atoms with Crippen LogP contribution in [0, 0.1) is 47.5 Å². The van der Waals surface area contributed by atoms with Gasteiger partial charge in [0.15, 0.2) is 0 Å². The third kappa shape index (κ3) is 7.71. The van der Waals surface area contributed by atoms with Crippen molar-refractivity contribution in [2.75, 3.05) is 12.4 Å². The molecule has 1 saturated carbocycles. The highest BCUT2D eigenvalue weighted by atomic mass is 32.2. The Bertz CT molecular complexity index is 2870. The van der Waals surface area contributed by atoms with Crippen molar-refractivity contribution >= 4 is 48.3 Å². The van der Waals surface area contributed by atoms with E-state index in [1.54, 1.807) is 57.4 Å². The summed E-state index contributed by atoms with van der Waals surface area (Å²) < 4.78 is 90.7. The summed E-state index contributed by atoms with van der Waals surface area (Å²) in [6.07, 6.45) is 3.57. The van der Waals surface area contributed by atoms with Gasteiger partial charge < -0.3 is 19.2 Å². The third-order valence-corrected chi connectivity index (χ3v) is 13.4. The fraction of sp³-hybridized carbons (Fsp3) is 0.311. The summed E-state index contributed by atoms with van der Waals surface area (Å²) in [7, 11) is -7.66. The third-order valence-electron chi connectivity index (χ3n) is 11.3. The van der Waals surface area contributed by atoms with Crippen LogP contribution < -0.4 is 20.1 Å². The van der Waals surface area contributed by atoms with Crippen LogP contribution in [0.4, 0.5) is 17.1 Å². The molecular formula is C45H48N2O9S2. The summed E-state index contributed by atoms with van der Waals surface area (Å²) >= 11 is 0. The largest absolute Gasteiger partial charge is 0.496 e. The van der Waals surface area contributed by atoms with Gasteiger partial charge in [0, 0.05) is 62.3 Å². The second-order valence-corrected chi connectivity index (χ2v) is 18.2. The van der Waals surface area contributed by atoms with Crippen LogP contribution in [0.15, 0.2) is 85.9 Å². The van der Waals surface area contributed by atoms with E-state index in [1.165, 1.54) is 6.07 Å². The van der Waals surface area contributed by atoms with Crippen molar-refractivity contribution in [3.05, 3.63) is 105 Å². The van der Waals surface area contributed by atoms with Crippen LogP contribution >= 0.6 is 0 Å². The van der Waals surface area contributed by atoms with E-state index in [2.05, 4.69) is 12.2 Å². The summed E-state index contributed by atoms with van der Waals surface area (Å²) in [5, 5.41) is 4.52. The van der Waals surface area contributed by atoms with E-state index >= 15 is 0 Å². The number of ether oxygens (including phenoxy) is 2. The summed E-state index contributed by atoms with van der Waals surface area (Å²) in [5.41, 5.74) is 7.85. The number of nitrogens with one attached hydrogen (secondary N) is 1. The molecule has 304 valence electrons. The van der Waals surface area contributed by atoms with Crippen molar-refractivity contribution in [2.45, 2.75) is 90.0 Å². The first-order valence-electron chi connectivity index (χ1n) is 19.2. The Balaban J connectivity index is 1.46. The zero-order valence-corrected chi connectivity index (χ0v) is 35.5. The number of fused-ring (bicyclic) bond motifs is 2. The first-order chi connectivity index (χ1) is 27.4. The fourth-order valence-corrected chi connectivity index (χ4v) is 10.2. The molecule has 58 heavy (non-hydrogen) atoms. The fourth-order valence-electron chi connectivity index (χ4n) is 8.57. The van der Waals surface area contributed by atoms with Gasteiger partial charge in [-0.05, 0) is 120 Å². The van der Waals surface area contributed by atoms with Crippen molar-refractivity contribution in [2.24, 2.45) is 10.9 Å². The van der Waals surface area contributed by atoms with Gasteiger partial charge in [-0.25, -0.2) is 4.99 Å². The van der Waals surface area contributed by atoms with Crippen molar-refractivity contribution in [1.82, 2.24) is 0 Å². The number of methoxy groups -OCH3 is 1. The zero-order valence-electron chi connectivity index (χ0n) is 33.8. The van der Waals surface area contributed by atoms with Crippen molar-refractivity contribution < 1.29 is 39.8 Å². The van der Waals surface area contributed by atoms with Gasteiger partial charge in [0.25, 0.3) is 20.2 Å². The molecule has 0 bridgehead atoms. The molecule has 3 aliphatic rings. The van der Waals surface area contributed by atoms with E-state index in [0.29, 0.717) is 67.4 Å². The highest BCUT2D eigenvalue weighted by Crippen LogP contribution is 2.45. The molecule has 13 heteroatoms. The van der Waals surface area contributed by atoms with Gasteiger partial charge in [0.2, 0.25) is 0 Å². The summed E-state index contributed by atoms with van der Waals surface area (Å²) in [6, 6.07) is 19.0. The average Bonchev–Trinajstić information content (AvgIpc) is 3.15. The Kier molecular flexibility index (Phi) is 11.0. The van der Waals surface area contributed by atoms with Gasteiger partial charge in [-0.1, -0.05) is 31.2 Å². The van der Waals surface area contributed by atoms with Gasteiger partial charge >= 0.3 is 0 Å². The number of benzene rings is 5. The lowest BCUT2D eigenvalue weighted by molar-refractivity contribution is 0.133. The van der Waals surface area contributed by atoms with Gasteiger partial charge in [-0.15, -0.1) is 0 Å². The van der Waals surface area contributed by atoms with Crippen LogP contribution in [0.25, 0.3) is 33.4 Å². The molecule has 0 unspecified atom stereocenters. The maximum Gasteiger partial charge on any atom is 0.295 e. The molecule has 1 aliphatic heterocycles. The van der Waals surface area contributed by atoms with Crippen molar-refractivity contribution in [3.63, 3.8) is 0 Å². The van der Waals surface area contributed by atoms with Crippen LogP contribution in [-0.4, -0.2) is 39.2 Å². The Morgan fingerprint density at radius 2 is 1.45 bits per heavy atom. The van der Waals surface area contributed by atoms with E-state index in [-0.39, 0.29) is 27.0 Å². The van der Waals surface area contributed by atoms with E-state index in [1.807, 2.05) is 52.0 Å². The molecule has 0 saturated heterocycles. The minimum atomic E-state index is -4.66. The van der Waals surface area contributed by atoms with Crippen molar-refractivity contribution in [3.8, 4) is 33.9 Å². The van der Waals surface area contributed by atoms with Gasteiger partial charge in [-0.3, -0.25) is 9.11 Å². The quantitative estimate of drug-likeness (QED) is 0.0944. The Hall–Kier alpha value is -5.21. The summed E-state index contributed by atoms with van der Waals surface area (Å²) in [4.78, 5) is 4.45. The lowest BCUT2D eigenvalue weighted by Crippen LogP contribution is -2.24. The lowest BCUT2D eigenvalue weighted by atomic mass is 9.89. The van der Waals surface area contributed by atoms with Crippen LogP contribution in [0.3, 0.4) is 0 Å². The highest BCUT2D eigenvalue weighted by Gasteiger charge is 2.29. The molecule has 0 spiro atoms. The second-order valence-electron chi connectivity index (χ2n) is 15.5. The summed E-state index contributed by atoms with van der Waals surface area (Å²) in [5.74, 6) is 2.09. The van der Waals surface area contributed by atoms with Crippen LogP contribution in [0.2, 0.25) is 0 Å². The van der Waals surface area contributed by atoms with E-state index < -0.39 is 20.2 Å². The SMILES string of the molecule is COc1c(C)cc(C)c(Nc2ccc3c(-c4ccccc4S(=O)(=O)O)c4cc/c(=N\c5c(C)c(OC6CCC(C)CC6)c(C)c(S(=O)(=O)O)c5C)cc-4oc3c2)c1C. The molecule has 1 fully saturated rings. The predicted molar refractivity (Wildman–Crippen MR) is 226 cm³/mol.